The van der Waals surface area contributed by atoms with Crippen molar-refractivity contribution in [3.05, 3.63) is 23.8 Å². The summed E-state index contributed by atoms with van der Waals surface area (Å²) in [5.74, 6) is 0.771. The zero-order valence-electron chi connectivity index (χ0n) is 9.67. The van der Waals surface area contributed by atoms with Gasteiger partial charge in [0.15, 0.2) is 6.10 Å². The first-order valence-electron chi connectivity index (χ1n) is 5.25. The Labute approximate surface area is 98.9 Å². The highest BCUT2D eigenvalue weighted by Gasteiger charge is 2.36. The minimum atomic E-state index is -0.844. The second-order valence-corrected chi connectivity index (χ2v) is 3.79. The van der Waals surface area contributed by atoms with Crippen LogP contribution in [0.25, 0.3) is 0 Å². The van der Waals surface area contributed by atoms with Crippen molar-refractivity contribution in [2.75, 3.05) is 14.2 Å². The topological polar surface area (TPSA) is 65.0 Å². The molecule has 5 heteroatoms. The van der Waals surface area contributed by atoms with Gasteiger partial charge >= 0.3 is 5.97 Å². The number of ether oxygens (including phenoxy) is 3. The van der Waals surface area contributed by atoms with Gasteiger partial charge in [-0.3, -0.25) is 4.79 Å². The van der Waals surface area contributed by atoms with Crippen molar-refractivity contribution in [1.82, 2.24) is 0 Å². The molecule has 0 aromatic heterocycles. The highest BCUT2D eigenvalue weighted by atomic mass is 16.6. The Balaban J connectivity index is 2.38. The van der Waals surface area contributed by atoms with E-state index in [1.165, 1.54) is 7.11 Å². The maximum atomic E-state index is 11.1. The largest absolute Gasteiger partial charge is 0.497 e. The first-order chi connectivity index (χ1) is 8.15. The fourth-order valence-corrected chi connectivity index (χ4v) is 1.88. The van der Waals surface area contributed by atoms with Gasteiger partial charge in [-0.2, -0.15) is 0 Å². The molecule has 5 nitrogen and oxygen atoms in total. The van der Waals surface area contributed by atoms with E-state index in [-0.39, 0.29) is 6.42 Å². The molecule has 1 aromatic carbocycles. The fourth-order valence-electron chi connectivity index (χ4n) is 1.88. The molecule has 92 valence electrons. The van der Waals surface area contributed by atoms with Crippen LogP contribution < -0.4 is 9.47 Å². The number of rotatable bonds is 3. The van der Waals surface area contributed by atoms with E-state index in [1.807, 2.05) is 0 Å². The van der Waals surface area contributed by atoms with Crippen molar-refractivity contribution in [3.8, 4) is 11.5 Å². The quantitative estimate of drug-likeness (QED) is 0.797. The second-order valence-electron chi connectivity index (χ2n) is 3.79. The predicted molar refractivity (Wildman–Crippen MR) is 59.0 cm³/mol. The molecule has 0 unspecified atom stereocenters. The third kappa shape index (κ3) is 2.19. The van der Waals surface area contributed by atoms with Gasteiger partial charge < -0.3 is 19.3 Å². The van der Waals surface area contributed by atoms with Crippen LogP contribution in [0.1, 0.15) is 18.1 Å². The highest BCUT2D eigenvalue weighted by molar-refractivity contribution is 5.73. The van der Waals surface area contributed by atoms with Crippen molar-refractivity contribution in [3.63, 3.8) is 0 Å². The maximum absolute atomic E-state index is 11.1. The van der Waals surface area contributed by atoms with Gasteiger partial charge in [-0.1, -0.05) is 0 Å². The summed E-state index contributed by atoms with van der Waals surface area (Å²) in [6.07, 6.45) is -1.53. The molecule has 0 amide bonds. The van der Waals surface area contributed by atoms with Gasteiger partial charge in [0.25, 0.3) is 0 Å². The predicted octanol–water partition coefficient (Wildman–Crippen LogP) is 1.05. The van der Waals surface area contributed by atoms with E-state index >= 15 is 0 Å². The van der Waals surface area contributed by atoms with E-state index in [0.29, 0.717) is 17.1 Å². The van der Waals surface area contributed by atoms with Gasteiger partial charge in [0.1, 0.15) is 17.6 Å². The van der Waals surface area contributed by atoms with E-state index in [0.717, 1.165) is 0 Å². The molecule has 1 aromatic rings. The van der Waals surface area contributed by atoms with Gasteiger partial charge in [0, 0.05) is 5.56 Å². The number of aliphatic hydroxyl groups is 1. The Morgan fingerprint density at radius 2 is 2.12 bits per heavy atom. The van der Waals surface area contributed by atoms with E-state index in [1.54, 1.807) is 25.3 Å². The lowest BCUT2D eigenvalue weighted by Gasteiger charge is -2.17. The van der Waals surface area contributed by atoms with E-state index in [9.17, 15) is 9.90 Å². The van der Waals surface area contributed by atoms with Crippen LogP contribution in [0, 0.1) is 0 Å². The second kappa shape index (κ2) is 4.63. The molecule has 1 aliphatic heterocycles. The van der Waals surface area contributed by atoms with Gasteiger partial charge in [-0.15, -0.1) is 0 Å². The first kappa shape index (κ1) is 11.7. The molecule has 0 aliphatic carbocycles. The molecule has 1 heterocycles. The zero-order chi connectivity index (χ0) is 12.4. The van der Waals surface area contributed by atoms with Crippen LogP contribution in [0.4, 0.5) is 0 Å². The smallest absolute Gasteiger partial charge is 0.309 e. The third-order valence-electron chi connectivity index (χ3n) is 2.73. The summed E-state index contributed by atoms with van der Waals surface area (Å²) in [5.41, 5.74) is 0.616. The van der Waals surface area contributed by atoms with Crippen LogP contribution >= 0.6 is 0 Å². The van der Waals surface area contributed by atoms with Gasteiger partial charge in [-0.25, -0.2) is 0 Å². The molecule has 1 fully saturated rings. The number of carbonyl (C=O) groups is 1. The van der Waals surface area contributed by atoms with Crippen LogP contribution in [-0.2, 0) is 9.53 Å². The van der Waals surface area contributed by atoms with Crippen LogP contribution in [-0.4, -0.2) is 31.4 Å². The number of cyclic esters (lactones) is 1. The molecule has 1 saturated heterocycles. The summed E-state index contributed by atoms with van der Waals surface area (Å²) in [4.78, 5) is 11.1. The summed E-state index contributed by atoms with van der Waals surface area (Å²) in [7, 11) is 3.07. The fraction of sp³-hybridized carbons (Fsp3) is 0.417. The minimum absolute atomic E-state index is 0.00499. The number of benzene rings is 1. The normalized spacial score (nSPS) is 23.4. The number of hydrogen-bond acceptors (Lipinski definition) is 5. The summed E-state index contributed by atoms with van der Waals surface area (Å²) < 4.78 is 15.4. The number of carbonyl (C=O) groups excluding carboxylic acids is 1. The Kier molecular flexibility index (Phi) is 3.19. The molecule has 17 heavy (non-hydrogen) atoms. The van der Waals surface area contributed by atoms with Crippen LogP contribution in [0.3, 0.4) is 0 Å². The lowest BCUT2D eigenvalue weighted by atomic mass is 10.0. The number of methoxy groups -OCH3 is 2. The molecule has 2 rings (SSSR count). The van der Waals surface area contributed by atoms with Gasteiger partial charge in [0.05, 0.1) is 20.6 Å². The molecule has 1 N–H and O–H groups in total. The number of hydrogen-bond donors (Lipinski definition) is 1. The average Bonchev–Trinajstić information content (AvgIpc) is 2.67. The highest BCUT2D eigenvalue weighted by Crippen LogP contribution is 2.37. The summed E-state index contributed by atoms with van der Waals surface area (Å²) in [6, 6.07) is 5.16. The minimum Gasteiger partial charge on any atom is -0.497 e. The molecule has 0 bridgehead atoms. The molecular formula is C12H14O5. The molecule has 0 saturated carbocycles. The maximum Gasteiger partial charge on any atom is 0.309 e. The molecule has 1 aliphatic rings. The first-order valence-corrected chi connectivity index (χ1v) is 5.25. The summed E-state index contributed by atoms with van der Waals surface area (Å²) in [6.45, 7) is 0. The van der Waals surface area contributed by atoms with E-state index < -0.39 is 18.2 Å². The number of aliphatic hydroxyl groups excluding tert-OH is 1. The third-order valence-corrected chi connectivity index (χ3v) is 2.73. The molecular weight excluding hydrogens is 224 g/mol. The van der Waals surface area contributed by atoms with E-state index in [2.05, 4.69) is 0 Å². The van der Waals surface area contributed by atoms with Crippen LogP contribution in [0.5, 0.6) is 11.5 Å². The lowest BCUT2D eigenvalue weighted by molar-refractivity contribution is -0.142. The zero-order valence-corrected chi connectivity index (χ0v) is 9.67. The Bertz CT molecular complexity index is 429. The van der Waals surface area contributed by atoms with Crippen LogP contribution in [0.2, 0.25) is 0 Å². The Morgan fingerprint density at radius 1 is 1.35 bits per heavy atom. The molecule has 2 atom stereocenters. The van der Waals surface area contributed by atoms with E-state index in [4.69, 9.17) is 14.2 Å². The summed E-state index contributed by atoms with van der Waals surface area (Å²) in [5, 5.41) is 9.75. The number of esters is 1. The standard InChI is InChI=1S/C12H14O5/c1-15-7-3-4-10(16-2)8(5-7)12-9(13)6-11(14)17-12/h3-5,9,12-13H,6H2,1-2H3/t9-,12-/m0/s1. The molecule has 0 spiro atoms. The monoisotopic (exact) mass is 238 g/mol. The van der Waals surface area contributed by atoms with Gasteiger partial charge in [0.2, 0.25) is 0 Å². The average molecular weight is 238 g/mol. The van der Waals surface area contributed by atoms with Gasteiger partial charge in [-0.05, 0) is 18.2 Å². The Morgan fingerprint density at radius 3 is 2.65 bits per heavy atom. The van der Waals surface area contributed by atoms with Crippen molar-refractivity contribution in [2.24, 2.45) is 0 Å². The SMILES string of the molecule is COc1ccc(OC)c([C@@H]2OC(=O)C[C@@H]2O)c1. The lowest BCUT2D eigenvalue weighted by Crippen LogP contribution is -2.13. The Hall–Kier alpha value is -1.75. The van der Waals surface area contributed by atoms with Crippen molar-refractivity contribution in [1.29, 1.82) is 0 Å². The van der Waals surface area contributed by atoms with Crippen molar-refractivity contribution < 1.29 is 24.1 Å². The molecule has 0 radical (unpaired) electrons. The summed E-state index contributed by atoms with van der Waals surface area (Å²) >= 11 is 0. The van der Waals surface area contributed by atoms with Crippen LogP contribution in [0.15, 0.2) is 18.2 Å². The van der Waals surface area contributed by atoms with Crippen molar-refractivity contribution in [2.45, 2.75) is 18.6 Å². The van der Waals surface area contributed by atoms with Crippen molar-refractivity contribution >= 4 is 5.97 Å².